The first-order valence-electron chi connectivity index (χ1n) is 8.00. The fraction of sp³-hybridized carbons (Fsp3) is 0.600. The number of hydrogen-bond acceptors (Lipinski definition) is 0. The van der Waals surface area contributed by atoms with E-state index >= 15 is 0 Å². The van der Waals surface area contributed by atoms with Gasteiger partial charge >= 0.3 is 140 Å². The zero-order valence-corrected chi connectivity index (χ0v) is 17.1. The summed E-state index contributed by atoms with van der Waals surface area (Å²) >= 11 is -0.239. The van der Waals surface area contributed by atoms with Crippen molar-refractivity contribution >= 4 is 0 Å². The Kier molecular flexibility index (Phi) is 4.14. The van der Waals surface area contributed by atoms with Crippen molar-refractivity contribution in [1.82, 2.24) is 0 Å². The molecule has 0 amide bonds. The predicted octanol–water partition coefficient (Wildman–Crippen LogP) is 6.59. The van der Waals surface area contributed by atoms with Crippen LogP contribution in [0.2, 0.25) is 0 Å². The van der Waals surface area contributed by atoms with Gasteiger partial charge in [-0.25, -0.2) is 0 Å². The molecule has 2 rings (SSSR count). The van der Waals surface area contributed by atoms with Gasteiger partial charge in [-0.1, -0.05) is 0 Å². The van der Waals surface area contributed by atoms with E-state index in [1.807, 2.05) is 0 Å². The van der Waals surface area contributed by atoms with E-state index in [-0.39, 0.29) is 32.8 Å². The summed E-state index contributed by atoms with van der Waals surface area (Å²) in [4.78, 5) is 0. The molecule has 2 aliphatic rings. The van der Waals surface area contributed by atoms with Crippen LogP contribution in [0.25, 0.3) is 0 Å². The van der Waals surface area contributed by atoms with Gasteiger partial charge in [0.2, 0.25) is 0 Å². The van der Waals surface area contributed by atoms with Crippen LogP contribution in [-0.2, 0) is 19.2 Å². The summed E-state index contributed by atoms with van der Waals surface area (Å²) in [7, 11) is 0. The summed E-state index contributed by atoms with van der Waals surface area (Å²) in [6.07, 6.45) is 0. The molecular weight excluding hydrogens is 288 g/mol. The zero-order chi connectivity index (χ0) is 16.3. The average Bonchev–Trinajstić information content (AvgIpc) is 2.63. The van der Waals surface area contributed by atoms with E-state index in [0.717, 1.165) is 0 Å². The second-order valence-electron chi connectivity index (χ2n) is 7.88. The molecular formula is C20H32Ti. The first kappa shape index (κ1) is 17.0. The van der Waals surface area contributed by atoms with E-state index in [4.69, 9.17) is 0 Å². The van der Waals surface area contributed by atoms with Gasteiger partial charge in [-0.15, -0.1) is 0 Å². The minimum absolute atomic E-state index is 0. The molecule has 0 heterocycles. The van der Waals surface area contributed by atoms with Crippen LogP contribution >= 0.6 is 0 Å². The zero-order valence-electron chi connectivity index (χ0n) is 17.5. The van der Waals surface area contributed by atoms with Crippen molar-refractivity contribution in [3.05, 3.63) is 41.2 Å². The summed E-state index contributed by atoms with van der Waals surface area (Å²) in [5, 5.41) is 0. The summed E-state index contributed by atoms with van der Waals surface area (Å²) in [5.74, 6) is 0. The van der Waals surface area contributed by atoms with Gasteiger partial charge in [-0.3, -0.25) is 0 Å². The van der Waals surface area contributed by atoms with Crippen LogP contribution in [0.15, 0.2) is 41.2 Å². The quantitative estimate of drug-likeness (QED) is 0.503. The van der Waals surface area contributed by atoms with E-state index in [1.165, 1.54) is 11.1 Å². The van der Waals surface area contributed by atoms with E-state index in [0.29, 0.717) is 0 Å². The Morgan fingerprint density at radius 1 is 0.571 bits per heavy atom. The molecule has 116 valence electrons. The van der Waals surface area contributed by atoms with Crippen molar-refractivity contribution in [1.29, 1.82) is 0 Å². The van der Waals surface area contributed by atoms with Crippen molar-refractivity contribution in [3.8, 4) is 0 Å². The summed E-state index contributed by atoms with van der Waals surface area (Å²) in [6.45, 7) is 23.6. The van der Waals surface area contributed by atoms with E-state index in [2.05, 4.69) is 69.2 Å². The topological polar surface area (TPSA) is 0 Å². The van der Waals surface area contributed by atoms with Crippen molar-refractivity contribution in [2.75, 3.05) is 0 Å². The molecule has 0 aromatic heterocycles. The van der Waals surface area contributed by atoms with Crippen molar-refractivity contribution in [3.63, 3.8) is 0 Å². The molecule has 0 spiro atoms. The molecule has 0 saturated heterocycles. The summed E-state index contributed by atoms with van der Waals surface area (Å²) in [6, 6.07) is 0. The molecule has 0 fully saturated rings. The van der Waals surface area contributed by atoms with Crippen LogP contribution in [-0.4, -0.2) is 0 Å². The van der Waals surface area contributed by atoms with Crippen molar-refractivity contribution in [2.45, 2.75) is 69.2 Å². The van der Waals surface area contributed by atoms with Gasteiger partial charge in [-0.2, -0.15) is 0 Å². The maximum atomic E-state index is 2.42. The minimum Gasteiger partial charge on any atom is -1.00 e. The van der Waals surface area contributed by atoms with E-state index < -0.39 is 0 Å². The Hall–Kier alpha value is -0.326. The SMILES string of the molecule is CC1=C(C)C(C)(C)[C]([Ti+2][C]2=C(C)C(C)=C(C)C2(C)C)=C1C.[H-].[H-]. The van der Waals surface area contributed by atoms with Crippen LogP contribution in [0, 0.1) is 10.8 Å². The third-order valence-corrected chi connectivity index (χ3v) is 10.3. The third-order valence-electron chi connectivity index (χ3n) is 6.38. The van der Waals surface area contributed by atoms with Gasteiger partial charge in [0.05, 0.1) is 0 Å². The van der Waals surface area contributed by atoms with Crippen LogP contribution in [0.3, 0.4) is 0 Å². The first-order chi connectivity index (χ1) is 9.44. The normalized spacial score (nSPS) is 24.5. The van der Waals surface area contributed by atoms with Crippen LogP contribution in [0.4, 0.5) is 0 Å². The number of allylic oxidation sites excluding steroid dienone is 8. The van der Waals surface area contributed by atoms with Gasteiger partial charge in [0.15, 0.2) is 0 Å². The monoisotopic (exact) mass is 320 g/mol. The average molecular weight is 320 g/mol. The molecule has 0 aliphatic heterocycles. The van der Waals surface area contributed by atoms with Gasteiger partial charge in [0.25, 0.3) is 0 Å². The molecule has 21 heavy (non-hydrogen) atoms. The first-order valence-corrected chi connectivity index (χ1v) is 9.56. The molecule has 0 aromatic rings. The van der Waals surface area contributed by atoms with Gasteiger partial charge in [0.1, 0.15) is 0 Å². The largest absolute Gasteiger partial charge is 1.00 e. The molecule has 0 atom stereocenters. The second-order valence-corrected chi connectivity index (χ2v) is 9.83. The fourth-order valence-corrected chi connectivity index (χ4v) is 6.94. The van der Waals surface area contributed by atoms with Crippen molar-refractivity contribution in [2.24, 2.45) is 10.8 Å². The van der Waals surface area contributed by atoms with Gasteiger partial charge in [-0.05, 0) is 0 Å². The third kappa shape index (κ3) is 2.30. The Morgan fingerprint density at radius 2 is 0.857 bits per heavy atom. The molecule has 0 radical (unpaired) electrons. The Bertz CT molecular complexity index is 585. The second kappa shape index (κ2) is 5.10. The van der Waals surface area contributed by atoms with Gasteiger partial charge in [0, 0.05) is 0 Å². The standard InChI is InChI=1S/2C10H15.Ti.2H/c2*1-7-6-10(4,5)9(3)8(7)2;;;/h2*1-5H3;;;/q;;+2;2*-1. The number of hydrogen-bond donors (Lipinski definition) is 0. The van der Waals surface area contributed by atoms with Crippen LogP contribution in [0.5, 0.6) is 0 Å². The maximum absolute atomic E-state index is 2.42. The maximum Gasteiger partial charge on any atom is -1.00 e. The molecule has 0 saturated carbocycles. The predicted molar refractivity (Wildman–Crippen MR) is 91.9 cm³/mol. The fourth-order valence-electron chi connectivity index (χ4n) is 3.81. The number of rotatable bonds is 2. The molecule has 1 heteroatoms. The Morgan fingerprint density at radius 3 is 1.05 bits per heavy atom. The van der Waals surface area contributed by atoms with Gasteiger partial charge < -0.3 is 2.85 Å². The molecule has 0 aromatic carbocycles. The molecule has 0 N–H and O–H groups in total. The van der Waals surface area contributed by atoms with Crippen LogP contribution in [0.1, 0.15) is 72.1 Å². The molecule has 0 nitrogen and oxygen atoms in total. The molecule has 0 unspecified atom stereocenters. The molecule has 0 bridgehead atoms. The van der Waals surface area contributed by atoms with Crippen LogP contribution < -0.4 is 0 Å². The Balaban J connectivity index is 0.00000242. The van der Waals surface area contributed by atoms with Crippen molar-refractivity contribution < 1.29 is 22.0 Å². The van der Waals surface area contributed by atoms with E-state index in [1.54, 1.807) is 30.0 Å². The smallest absolute Gasteiger partial charge is 1.00 e. The minimum atomic E-state index is -0.239. The Labute approximate surface area is 143 Å². The molecule has 2 aliphatic carbocycles. The van der Waals surface area contributed by atoms with E-state index in [9.17, 15) is 0 Å². The summed E-state index contributed by atoms with van der Waals surface area (Å²) in [5.41, 5.74) is 9.92. The summed E-state index contributed by atoms with van der Waals surface area (Å²) < 4.78 is 3.50.